The second kappa shape index (κ2) is 5.38. The molecule has 0 saturated heterocycles. The summed E-state index contributed by atoms with van der Waals surface area (Å²) in [7, 11) is 0. The summed E-state index contributed by atoms with van der Waals surface area (Å²) < 4.78 is 1.32. The van der Waals surface area contributed by atoms with E-state index in [0.29, 0.717) is 0 Å². The molecule has 3 heteroatoms. The summed E-state index contributed by atoms with van der Waals surface area (Å²) in [6.45, 7) is 0. The molecule has 92 valence electrons. The Hall–Kier alpha value is -1.92. The van der Waals surface area contributed by atoms with Crippen LogP contribution < -0.4 is 4.35 Å². The molecule has 3 aromatic rings. The minimum absolute atomic E-state index is 0.872. The summed E-state index contributed by atoms with van der Waals surface area (Å²) in [6.07, 6.45) is 0. The molecule has 2 nitrogen and oxygen atoms in total. The third-order valence-corrected chi connectivity index (χ3v) is 4.02. The first-order valence-corrected chi connectivity index (χ1v) is 7.30. The Morgan fingerprint density at radius 2 is 1.32 bits per heavy atom. The normalized spacial score (nSPS) is 11.2. The average molecular weight is 308 g/mol. The number of hydrogen-bond donors (Lipinski definition) is 0. The Labute approximate surface area is 120 Å². The van der Waals surface area contributed by atoms with Crippen molar-refractivity contribution in [1.29, 1.82) is 0 Å². The standard InChI is InChI=1S/C16H13AsN2/c17-15-10-11-16(14-9-5-4-8-13(14)15)19-18-12-6-2-1-3-7-12/h1-11H,17H2/b19-18+. The molecule has 0 N–H and O–H groups in total. The minimum atomic E-state index is 0.872. The molecule has 0 bridgehead atoms. The van der Waals surface area contributed by atoms with Crippen LogP contribution in [-0.4, -0.2) is 16.9 Å². The molecule has 0 aliphatic carbocycles. The van der Waals surface area contributed by atoms with E-state index in [1.807, 2.05) is 42.5 Å². The third-order valence-electron chi connectivity index (χ3n) is 2.96. The Morgan fingerprint density at radius 3 is 2.11 bits per heavy atom. The Balaban J connectivity index is 2.07. The van der Waals surface area contributed by atoms with Crippen LogP contribution in [0.1, 0.15) is 0 Å². The number of hydrogen-bond acceptors (Lipinski definition) is 2. The first-order valence-electron chi connectivity index (χ1n) is 6.08. The Bertz CT molecular complexity index is 736. The van der Waals surface area contributed by atoms with Crippen molar-refractivity contribution in [3.05, 3.63) is 66.7 Å². The topological polar surface area (TPSA) is 24.7 Å². The van der Waals surface area contributed by atoms with Crippen LogP contribution in [-0.2, 0) is 0 Å². The number of fused-ring (bicyclic) bond motifs is 1. The van der Waals surface area contributed by atoms with Gasteiger partial charge in [-0.3, -0.25) is 0 Å². The molecule has 0 fully saturated rings. The third kappa shape index (κ3) is 2.59. The van der Waals surface area contributed by atoms with E-state index in [2.05, 4.69) is 34.5 Å². The van der Waals surface area contributed by atoms with Crippen LogP contribution in [0.15, 0.2) is 77.0 Å². The Morgan fingerprint density at radius 1 is 0.632 bits per heavy atom. The molecule has 3 aromatic carbocycles. The van der Waals surface area contributed by atoms with Gasteiger partial charge in [0.15, 0.2) is 0 Å². The summed E-state index contributed by atoms with van der Waals surface area (Å²) in [4.78, 5) is 0. The van der Waals surface area contributed by atoms with Crippen molar-refractivity contribution >= 4 is 43.4 Å². The second-order valence-corrected chi connectivity index (χ2v) is 5.56. The van der Waals surface area contributed by atoms with Crippen LogP contribution in [0.2, 0.25) is 0 Å². The van der Waals surface area contributed by atoms with Gasteiger partial charge in [-0.1, -0.05) is 0 Å². The molecule has 1 unspecified atom stereocenters. The molecule has 0 heterocycles. The number of nitrogens with zero attached hydrogens (tertiary/aromatic N) is 2. The number of rotatable bonds is 2. The van der Waals surface area contributed by atoms with Gasteiger partial charge < -0.3 is 0 Å². The molecule has 19 heavy (non-hydrogen) atoms. The van der Waals surface area contributed by atoms with E-state index in [1.54, 1.807) is 16.9 Å². The summed E-state index contributed by atoms with van der Waals surface area (Å²) in [5.74, 6) is 0. The van der Waals surface area contributed by atoms with Gasteiger partial charge in [0, 0.05) is 0 Å². The predicted octanol–water partition coefficient (Wildman–Crippen LogP) is 3.51. The zero-order valence-electron chi connectivity index (χ0n) is 10.3. The van der Waals surface area contributed by atoms with Gasteiger partial charge >= 0.3 is 120 Å². The fraction of sp³-hybridized carbons (Fsp3) is 0. The molecule has 0 aliphatic rings. The zero-order chi connectivity index (χ0) is 13.1. The van der Waals surface area contributed by atoms with Crippen molar-refractivity contribution in [2.24, 2.45) is 10.2 Å². The molecule has 0 radical (unpaired) electrons. The van der Waals surface area contributed by atoms with Crippen LogP contribution in [0, 0.1) is 0 Å². The SMILES string of the molecule is [AsH2]c1ccc(/N=N/c2ccccc2)c2ccccc12. The van der Waals surface area contributed by atoms with E-state index in [4.69, 9.17) is 0 Å². The van der Waals surface area contributed by atoms with Gasteiger partial charge in [0.1, 0.15) is 0 Å². The number of benzene rings is 3. The van der Waals surface area contributed by atoms with Gasteiger partial charge in [-0.2, -0.15) is 0 Å². The van der Waals surface area contributed by atoms with Gasteiger partial charge in [0.05, 0.1) is 0 Å². The quantitative estimate of drug-likeness (QED) is 0.511. The van der Waals surface area contributed by atoms with E-state index in [-0.39, 0.29) is 0 Å². The average Bonchev–Trinajstić information content (AvgIpc) is 2.48. The number of azo groups is 1. The van der Waals surface area contributed by atoms with Crippen LogP contribution in [0.25, 0.3) is 10.8 Å². The monoisotopic (exact) mass is 308 g/mol. The molecule has 0 aromatic heterocycles. The first kappa shape index (κ1) is 12.1. The van der Waals surface area contributed by atoms with Crippen molar-refractivity contribution in [1.82, 2.24) is 0 Å². The van der Waals surface area contributed by atoms with E-state index in [0.717, 1.165) is 16.8 Å². The van der Waals surface area contributed by atoms with E-state index >= 15 is 0 Å². The summed E-state index contributed by atoms with van der Waals surface area (Å²) in [5, 5.41) is 11.1. The second-order valence-electron chi connectivity index (χ2n) is 4.26. The van der Waals surface area contributed by atoms with E-state index in [9.17, 15) is 0 Å². The van der Waals surface area contributed by atoms with Gasteiger partial charge in [-0.05, 0) is 0 Å². The maximum atomic E-state index is 4.38. The fourth-order valence-corrected chi connectivity index (χ4v) is 2.73. The van der Waals surface area contributed by atoms with Crippen molar-refractivity contribution < 1.29 is 0 Å². The molecule has 3 rings (SSSR count). The van der Waals surface area contributed by atoms with Crippen molar-refractivity contribution in [3.8, 4) is 0 Å². The van der Waals surface area contributed by atoms with E-state index < -0.39 is 0 Å². The van der Waals surface area contributed by atoms with E-state index in [1.165, 1.54) is 9.74 Å². The van der Waals surface area contributed by atoms with Crippen LogP contribution in [0.4, 0.5) is 11.4 Å². The molecule has 1 atom stereocenters. The van der Waals surface area contributed by atoms with Gasteiger partial charge in [-0.25, -0.2) is 0 Å². The molecule has 0 aliphatic heterocycles. The van der Waals surface area contributed by atoms with Crippen LogP contribution in [0.5, 0.6) is 0 Å². The fourth-order valence-electron chi connectivity index (χ4n) is 2.00. The molecule has 0 amide bonds. The van der Waals surface area contributed by atoms with Crippen LogP contribution >= 0.6 is 0 Å². The van der Waals surface area contributed by atoms with Gasteiger partial charge in [-0.15, -0.1) is 0 Å². The summed E-state index contributed by atoms with van der Waals surface area (Å²) in [5.41, 5.74) is 1.79. The van der Waals surface area contributed by atoms with Crippen molar-refractivity contribution in [2.45, 2.75) is 0 Å². The zero-order valence-corrected chi connectivity index (χ0v) is 12.7. The van der Waals surface area contributed by atoms with Gasteiger partial charge in [0.2, 0.25) is 0 Å². The van der Waals surface area contributed by atoms with Crippen LogP contribution in [0.3, 0.4) is 0 Å². The van der Waals surface area contributed by atoms with Crippen molar-refractivity contribution in [3.63, 3.8) is 0 Å². The first-order chi connectivity index (χ1) is 9.34. The molecule has 0 spiro atoms. The summed E-state index contributed by atoms with van der Waals surface area (Å²) >= 11 is 1.63. The molecular weight excluding hydrogens is 295 g/mol. The maximum absolute atomic E-state index is 4.38. The van der Waals surface area contributed by atoms with Crippen molar-refractivity contribution in [2.75, 3.05) is 0 Å². The van der Waals surface area contributed by atoms with Gasteiger partial charge in [0.25, 0.3) is 0 Å². The molecule has 0 saturated carbocycles. The molecular formula is C16H13AsN2. The Kier molecular flexibility index (Phi) is 3.43. The summed E-state index contributed by atoms with van der Waals surface area (Å²) in [6, 6.07) is 22.3. The predicted molar refractivity (Wildman–Crippen MR) is 82.7 cm³/mol.